The second-order valence-electron chi connectivity index (χ2n) is 8.59. The number of aromatic nitrogens is 1. The number of anilines is 1. The smallest absolute Gasteiger partial charge is 0.256 e. The number of aryl methyl sites for hydroxylation is 3. The predicted octanol–water partition coefficient (Wildman–Crippen LogP) is 5.02. The Balaban J connectivity index is 2.09. The van der Waals surface area contributed by atoms with Crippen molar-refractivity contribution in [1.82, 2.24) is 4.98 Å². The first kappa shape index (κ1) is 20.7. The number of nitrogen functional groups attached to an aromatic ring is 1. The van der Waals surface area contributed by atoms with Crippen molar-refractivity contribution in [3.8, 4) is 16.9 Å². The number of aromatic amines is 1. The van der Waals surface area contributed by atoms with Gasteiger partial charge in [-0.1, -0.05) is 32.9 Å². The molecule has 0 aliphatic heterocycles. The highest BCUT2D eigenvalue weighted by Crippen LogP contribution is 2.38. The van der Waals surface area contributed by atoms with Gasteiger partial charge < -0.3 is 15.5 Å². The topological polar surface area (TPSA) is 68.1 Å². The van der Waals surface area contributed by atoms with Crippen LogP contribution in [0.15, 0.2) is 53.3 Å². The van der Waals surface area contributed by atoms with Gasteiger partial charge in [-0.3, -0.25) is 4.79 Å². The zero-order chi connectivity index (χ0) is 21.2. The van der Waals surface area contributed by atoms with Crippen LogP contribution in [0.3, 0.4) is 0 Å². The average molecular weight is 391 g/mol. The summed E-state index contributed by atoms with van der Waals surface area (Å²) in [6.07, 6.45) is 1.68. The van der Waals surface area contributed by atoms with Gasteiger partial charge >= 0.3 is 0 Å². The minimum atomic E-state index is -0.116. The van der Waals surface area contributed by atoms with E-state index in [4.69, 9.17) is 10.5 Å². The van der Waals surface area contributed by atoms with Gasteiger partial charge in [-0.15, -0.1) is 0 Å². The summed E-state index contributed by atoms with van der Waals surface area (Å²) in [5, 5.41) is 0. The first-order chi connectivity index (χ1) is 13.7. The summed E-state index contributed by atoms with van der Waals surface area (Å²) < 4.78 is 5.84. The van der Waals surface area contributed by atoms with Crippen molar-refractivity contribution in [3.05, 3.63) is 81.3 Å². The fourth-order valence-corrected chi connectivity index (χ4v) is 3.59. The monoisotopic (exact) mass is 390 g/mol. The number of nitrogens with two attached hydrogens (primary N) is 1. The molecule has 0 amide bonds. The summed E-state index contributed by atoms with van der Waals surface area (Å²) in [4.78, 5) is 15.5. The minimum absolute atomic E-state index is 0.0699. The highest BCUT2D eigenvalue weighted by molar-refractivity contribution is 5.68. The minimum Gasteiger partial charge on any atom is -0.496 e. The first-order valence-corrected chi connectivity index (χ1v) is 9.95. The van der Waals surface area contributed by atoms with Crippen molar-refractivity contribution >= 4 is 5.69 Å². The Kier molecular flexibility index (Phi) is 5.83. The number of rotatable bonds is 5. The lowest BCUT2D eigenvalue weighted by Gasteiger charge is -2.25. The van der Waals surface area contributed by atoms with Gasteiger partial charge in [0.25, 0.3) is 5.56 Å². The van der Waals surface area contributed by atoms with Gasteiger partial charge in [0.05, 0.1) is 7.11 Å². The normalized spacial score (nSPS) is 11.5. The molecule has 3 rings (SSSR count). The Hall–Kier alpha value is -3.01. The van der Waals surface area contributed by atoms with E-state index in [-0.39, 0.29) is 11.0 Å². The van der Waals surface area contributed by atoms with Gasteiger partial charge in [-0.25, -0.2) is 0 Å². The number of H-pyrrole nitrogens is 1. The quantitative estimate of drug-likeness (QED) is 0.601. The van der Waals surface area contributed by atoms with Crippen molar-refractivity contribution < 1.29 is 4.74 Å². The van der Waals surface area contributed by atoms with Crippen LogP contribution in [-0.4, -0.2) is 12.1 Å². The summed E-state index contributed by atoms with van der Waals surface area (Å²) >= 11 is 0. The lowest BCUT2D eigenvalue weighted by atomic mass is 9.82. The van der Waals surface area contributed by atoms with Crippen molar-refractivity contribution in [2.75, 3.05) is 12.8 Å². The zero-order valence-electron chi connectivity index (χ0n) is 17.9. The van der Waals surface area contributed by atoms with E-state index in [1.165, 1.54) is 5.56 Å². The maximum absolute atomic E-state index is 12.6. The van der Waals surface area contributed by atoms with Crippen molar-refractivity contribution in [2.45, 2.75) is 46.0 Å². The highest BCUT2D eigenvalue weighted by Gasteiger charge is 2.23. The predicted molar refractivity (Wildman–Crippen MR) is 121 cm³/mol. The maximum Gasteiger partial charge on any atom is 0.256 e. The van der Waals surface area contributed by atoms with Gasteiger partial charge in [-0.2, -0.15) is 0 Å². The van der Waals surface area contributed by atoms with Crippen LogP contribution in [0.4, 0.5) is 5.69 Å². The fraction of sp³-hybridized carbons (Fsp3) is 0.320. The Bertz CT molecular complexity index is 1060. The molecule has 0 aliphatic rings. The van der Waals surface area contributed by atoms with Gasteiger partial charge in [-0.05, 0) is 78.3 Å². The molecule has 4 nitrogen and oxygen atoms in total. The zero-order valence-corrected chi connectivity index (χ0v) is 17.9. The molecule has 1 heterocycles. The van der Waals surface area contributed by atoms with Crippen LogP contribution >= 0.6 is 0 Å². The van der Waals surface area contributed by atoms with E-state index in [2.05, 4.69) is 50.0 Å². The number of pyridine rings is 1. The molecule has 3 N–H and O–H groups in total. The van der Waals surface area contributed by atoms with Crippen molar-refractivity contribution in [3.63, 3.8) is 0 Å². The third-order valence-electron chi connectivity index (χ3n) is 5.21. The van der Waals surface area contributed by atoms with E-state index in [9.17, 15) is 4.79 Å². The van der Waals surface area contributed by atoms with Crippen LogP contribution < -0.4 is 16.0 Å². The molecule has 0 radical (unpaired) electrons. The Morgan fingerprint density at radius 1 is 1.00 bits per heavy atom. The summed E-state index contributed by atoms with van der Waals surface area (Å²) in [6, 6.07) is 16.0. The molecular formula is C25H30N2O2. The number of hydrogen-bond donors (Lipinski definition) is 2. The van der Waals surface area contributed by atoms with Crippen LogP contribution in [0.25, 0.3) is 11.1 Å². The van der Waals surface area contributed by atoms with E-state index in [0.29, 0.717) is 5.56 Å². The van der Waals surface area contributed by atoms with Crippen LogP contribution in [0.1, 0.15) is 43.2 Å². The summed E-state index contributed by atoms with van der Waals surface area (Å²) in [5.74, 6) is 0.903. The molecule has 1 aromatic heterocycles. The third-order valence-corrected chi connectivity index (χ3v) is 5.21. The molecular weight excluding hydrogens is 360 g/mol. The van der Waals surface area contributed by atoms with Gasteiger partial charge in [0.15, 0.2) is 0 Å². The largest absolute Gasteiger partial charge is 0.496 e. The Labute approximate surface area is 172 Å². The molecule has 0 aliphatic carbocycles. The molecule has 0 saturated heterocycles. The lowest BCUT2D eigenvalue weighted by Crippen LogP contribution is -2.16. The molecule has 29 heavy (non-hydrogen) atoms. The van der Waals surface area contributed by atoms with Crippen LogP contribution in [0.5, 0.6) is 5.75 Å². The van der Waals surface area contributed by atoms with E-state index in [0.717, 1.165) is 46.7 Å². The average Bonchev–Trinajstić information content (AvgIpc) is 2.66. The number of methoxy groups -OCH3 is 1. The standard InChI is InChI=1S/C25H30N2O2/c1-16-6-13-21(24(28)27-16)19-14-18(10-7-17-8-11-20(26)12-9-17)23(29-5)22(15-19)25(2,3)4/h6,8-9,11-15H,7,10,26H2,1-5H3,(H,27,28). The number of ether oxygens (including phenoxy) is 1. The van der Waals surface area contributed by atoms with E-state index < -0.39 is 0 Å². The number of nitrogens with one attached hydrogen (secondary N) is 1. The SMILES string of the molecule is COc1c(CCc2ccc(N)cc2)cc(-c2ccc(C)[nH]c2=O)cc1C(C)(C)C. The first-order valence-electron chi connectivity index (χ1n) is 9.95. The number of benzene rings is 2. The molecule has 0 spiro atoms. The highest BCUT2D eigenvalue weighted by atomic mass is 16.5. The van der Waals surface area contributed by atoms with E-state index in [1.807, 2.05) is 31.2 Å². The molecule has 0 unspecified atom stereocenters. The van der Waals surface area contributed by atoms with Crippen molar-refractivity contribution in [1.29, 1.82) is 0 Å². The molecule has 0 atom stereocenters. The van der Waals surface area contributed by atoms with Crippen LogP contribution in [0, 0.1) is 6.92 Å². The summed E-state index contributed by atoms with van der Waals surface area (Å²) in [6.45, 7) is 8.38. The fourth-order valence-electron chi connectivity index (χ4n) is 3.59. The molecule has 0 fully saturated rings. The maximum atomic E-state index is 12.6. The van der Waals surface area contributed by atoms with E-state index in [1.54, 1.807) is 7.11 Å². The Morgan fingerprint density at radius 3 is 2.28 bits per heavy atom. The molecule has 0 bridgehead atoms. The molecule has 152 valence electrons. The van der Waals surface area contributed by atoms with Gasteiger partial charge in [0, 0.05) is 22.5 Å². The van der Waals surface area contributed by atoms with Crippen molar-refractivity contribution in [2.24, 2.45) is 0 Å². The molecule has 0 saturated carbocycles. The lowest BCUT2D eigenvalue weighted by molar-refractivity contribution is 0.392. The van der Waals surface area contributed by atoms with Gasteiger partial charge in [0.1, 0.15) is 5.75 Å². The molecule has 3 aromatic rings. The number of hydrogen-bond acceptors (Lipinski definition) is 3. The van der Waals surface area contributed by atoms with Gasteiger partial charge in [0.2, 0.25) is 0 Å². The summed E-state index contributed by atoms with van der Waals surface area (Å²) in [7, 11) is 1.72. The molecule has 2 aromatic carbocycles. The Morgan fingerprint density at radius 2 is 1.69 bits per heavy atom. The summed E-state index contributed by atoms with van der Waals surface area (Å²) in [5.41, 5.74) is 12.3. The molecule has 4 heteroatoms. The second-order valence-corrected chi connectivity index (χ2v) is 8.59. The third kappa shape index (κ3) is 4.70. The van der Waals surface area contributed by atoms with E-state index >= 15 is 0 Å². The second kappa shape index (κ2) is 8.16. The van der Waals surface area contributed by atoms with Crippen LogP contribution in [-0.2, 0) is 18.3 Å². The van der Waals surface area contributed by atoms with Crippen LogP contribution in [0.2, 0.25) is 0 Å².